The van der Waals surface area contributed by atoms with E-state index in [2.05, 4.69) is 42.4 Å². The van der Waals surface area contributed by atoms with Crippen molar-refractivity contribution in [3.63, 3.8) is 0 Å². The van der Waals surface area contributed by atoms with Gasteiger partial charge < -0.3 is 10.3 Å². The molecule has 0 spiro atoms. The third-order valence-corrected chi connectivity index (χ3v) is 6.72. The Hall–Kier alpha value is -4.97. The molecule has 0 saturated carbocycles. The largest absolute Gasteiger partial charge is 0.340 e. The topological polar surface area (TPSA) is 136 Å². The minimum absolute atomic E-state index is 0.0955. The maximum atomic E-state index is 15.3. The molecule has 0 saturated heterocycles. The van der Waals surface area contributed by atoms with Crippen LogP contribution in [0.4, 0.5) is 10.2 Å². The maximum absolute atomic E-state index is 15.3. The van der Waals surface area contributed by atoms with Gasteiger partial charge in [-0.2, -0.15) is 4.68 Å². The van der Waals surface area contributed by atoms with Gasteiger partial charge in [-0.05, 0) is 51.9 Å². The minimum atomic E-state index is -0.692. The van der Waals surface area contributed by atoms with Crippen LogP contribution in [0.25, 0.3) is 33.6 Å². The Labute approximate surface area is 225 Å². The molecule has 11 nitrogen and oxygen atoms in total. The van der Waals surface area contributed by atoms with Gasteiger partial charge in [0.2, 0.25) is 5.91 Å². The first-order valence-corrected chi connectivity index (χ1v) is 12.1. The number of halogens is 2. The predicted octanol–water partition coefficient (Wildman–Crippen LogP) is 4.03. The van der Waals surface area contributed by atoms with Gasteiger partial charge in [0, 0.05) is 42.4 Å². The number of anilines is 1. The normalized spacial score (nSPS) is 14.4. The summed E-state index contributed by atoms with van der Waals surface area (Å²) in [6.07, 6.45) is 5.04. The highest BCUT2D eigenvalue weighted by Crippen LogP contribution is 2.40. The highest BCUT2D eigenvalue weighted by Gasteiger charge is 2.31. The van der Waals surface area contributed by atoms with Crippen molar-refractivity contribution >= 4 is 28.9 Å². The number of fused-ring (bicyclic) bond motifs is 1. The van der Waals surface area contributed by atoms with Gasteiger partial charge >= 0.3 is 0 Å². The van der Waals surface area contributed by atoms with Crippen molar-refractivity contribution in [2.45, 2.75) is 19.4 Å². The average Bonchev–Trinajstić information content (AvgIpc) is 3.67. The van der Waals surface area contributed by atoms with Crippen molar-refractivity contribution in [2.24, 2.45) is 0 Å². The van der Waals surface area contributed by atoms with Crippen molar-refractivity contribution < 1.29 is 9.18 Å². The van der Waals surface area contributed by atoms with Crippen LogP contribution in [0, 0.1) is 5.82 Å². The van der Waals surface area contributed by atoms with E-state index in [1.165, 1.54) is 30.1 Å². The van der Waals surface area contributed by atoms with Gasteiger partial charge in [0.15, 0.2) is 5.82 Å². The monoisotopic (exact) mass is 543 g/mol. The van der Waals surface area contributed by atoms with Gasteiger partial charge in [-0.25, -0.2) is 14.4 Å². The number of carbonyl (C=O) groups is 1. The Kier molecular flexibility index (Phi) is 5.88. The second-order valence-corrected chi connectivity index (χ2v) is 9.37. The lowest BCUT2D eigenvalue weighted by atomic mass is 10.0. The minimum Gasteiger partial charge on any atom is -0.340 e. The molecular formula is C26H19ClFN9O2. The zero-order valence-corrected chi connectivity index (χ0v) is 21.1. The van der Waals surface area contributed by atoms with Gasteiger partial charge in [-0.1, -0.05) is 18.2 Å². The van der Waals surface area contributed by atoms with Gasteiger partial charge in [0.05, 0.1) is 28.6 Å². The summed E-state index contributed by atoms with van der Waals surface area (Å²) in [6, 6.07) is 9.11. The van der Waals surface area contributed by atoms with E-state index in [9.17, 15) is 9.59 Å². The number of benzene rings is 1. The molecule has 13 heteroatoms. The number of nitrogens with zero attached hydrogens (tertiary/aromatic N) is 7. The molecule has 5 aromatic rings. The smallest absolute Gasteiger partial charge is 0.252 e. The van der Waals surface area contributed by atoms with E-state index in [1.54, 1.807) is 41.2 Å². The second-order valence-electron chi connectivity index (χ2n) is 8.97. The number of aromatic nitrogens is 8. The summed E-state index contributed by atoms with van der Waals surface area (Å²) in [5, 5.41) is 13.6. The summed E-state index contributed by atoms with van der Waals surface area (Å²) in [5.74, 6) is 0.100. The lowest BCUT2D eigenvalue weighted by molar-refractivity contribution is -0.114. The highest BCUT2D eigenvalue weighted by atomic mass is 35.5. The van der Waals surface area contributed by atoms with Crippen molar-refractivity contribution in [1.29, 1.82) is 0 Å². The molecule has 1 aliphatic heterocycles. The predicted molar refractivity (Wildman–Crippen MR) is 142 cm³/mol. The zero-order chi connectivity index (χ0) is 27.3. The van der Waals surface area contributed by atoms with Crippen molar-refractivity contribution in [2.75, 3.05) is 5.32 Å². The van der Waals surface area contributed by atoms with Gasteiger partial charge in [-0.3, -0.25) is 14.2 Å². The van der Waals surface area contributed by atoms with E-state index in [0.29, 0.717) is 46.3 Å². The van der Waals surface area contributed by atoms with E-state index < -0.39 is 11.9 Å². The molecule has 5 heterocycles. The Morgan fingerprint density at radius 1 is 1.18 bits per heavy atom. The summed E-state index contributed by atoms with van der Waals surface area (Å²) < 4.78 is 18.2. The van der Waals surface area contributed by atoms with Crippen LogP contribution in [0.15, 0.2) is 66.5 Å². The van der Waals surface area contributed by atoms with Crippen molar-refractivity contribution in [1.82, 2.24) is 39.7 Å². The van der Waals surface area contributed by atoms with Gasteiger partial charge in [0.25, 0.3) is 5.56 Å². The van der Waals surface area contributed by atoms with Crippen LogP contribution in [0.5, 0.6) is 0 Å². The number of tetrazole rings is 1. The first kappa shape index (κ1) is 24.4. The van der Waals surface area contributed by atoms with Gasteiger partial charge in [0.1, 0.15) is 18.0 Å². The molecule has 4 aromatic heterocycles. The molecule has 6 rings (SSSR count). The molecule has 0 bridgehead atoms. The Balaban J connectivity index is 1.38. The molecule has 0 radical (unpaired) electrons. The number of aromatic amines is 1. The standard InChI is InChI=1S/C26H19ClFN9O2/c1-13-7-21(26-30-11-18(33-26)15-3-6-22(29-10-15)32-14(2)38)37-20(13)8-16(9-23(37)39)24-19(36-12-31-34-35-36)5-4-17(27)25(24)28/h3-6,8-12,21H,1,7H2,2H3,(H,30,33)(H,29,32,38). The van der Waals surface area contributed by atoms with Crippen molar-refractivity contribution in [3.05, 3.63) is 94.4 Å². The van der Waals surface area contributed by atoms with E-state index in [-0.39, 0.29) is 22.1 Å². The number of pyridine rings is 2. The number of rotatable bonds is 5. The number of hydrogen-bond acceptors (Lipinski definition) is 7. The third kappa shape index (κ3) is 4.30. The van der Waals surface area contributed by atoms with Crippen LogP contribution in [0.2, 0.25) is 5.02 Å². The SMILES string of the molecule is C=C1CC(c2ncc(-c3ccc(NC(C)=O)nc3)[nH]2)n2c1cc(-c1c(-n3cnnn3)ccc(Cl)c1F)cc2=O. The number of allylic oxidation sites excluding steroid dienone is 1. The number of carbonyl (C=O) groups excluding carboxylic acids is 1. The molecule has 1 aliphatic rings. The highest BCUT2D eigenvalue weighted by molar-refractivity contribution is 6.31. The fourth-order valence-corrected chi connectivity index (χ4v) is 4.86. The van der Waals surface area contributed by atoms with Crippen molar-refractivity contribution in [3.8, 4) is 28.1 Å². The summed E-state index contributed by atoms with van der Waals surface area (Å²) in [4.78, 5) is 36.7. The second kappa shape index (κ2) is 9.40. The first-order valence-electron chi connectivity index (χ1n) is 11.8. The van der Waals surface area contributed by atoms with Crippen LogP contribution in [-0.2, 0) is 4.79 Å². The maximum Gasteiger partial charge on any atom is 0.252 e. The third-order valence-electron chi connectivity index (χ3n) is 6.43. The number of hydrogen-bond donors (Lipinski definition) is 2. The van der Waals surface area contributed by atoms with E-state index >= 15 is 4.39 Å². The van der Waals surface area contributed by atoms with Crippen LogP contribution < -0.4 is 10.9 Å². The first-order chi connectivity index (χ1) is 18.8. The molecule has 1 aromatic carbocycles. The Morgan fingerprint density at radius 2 is 2.03 bits per heavy atom. The van der Waals surface area contributed by atoms with E-state index in [1.807, 2.05) is 0 Å². The summed E-state index contributed by atoms with van der Waals surface area (Å²) >= 11 is 6.10. The fourth-order valence-electron chi connectivity index (χ4n) is 4.70. The number of nitrogens with one attached hydrogen (secondary N) is 2. The summed E-state index contributed by atoms with van der Waals surface area (Å²) in [6.45, 7) is 5.56. The lowest BCUT2D eigenvalue weighted by Crippen LogP contribution is -2.24. The zero-order valence-electron chi connectivity index (χ0n) is 20.4. The quantitative estimate of drug-likeness (QED) is 0.341. The summed E-state index contributed by atoms with van der Waals surface area (Å²) in [5.41, 5.74) is 3.11. The molecular weight excluding hydrogens is 525 g/mol. The average molecular weight is 544 g/mol. The lowest BCUT2D eigenvalue weighted by Gasteiger charge is -2.15. The van der Waals surface area contributed by atoms with E-state index in [0.717, 1.165) is 5.56 Å². The van der Waals surface area contributed by atoms with Crippen LogP contribution in [-0.4, -0.2) is 45.6 Å². The fraction of sp³-hybridized carbons (Fsp3) is 0.115. The molecule has 1 atom stereocenters. The molecule has 1 unspecified atom stereocenters. The number of imidazole rings is 1. The molecule has 0 aliphatic carbocycles. The number of amides is 1. The van der Waals surface area contributed by atoms with E-state index in [4.69, 9.17) is 11.6 Å². The molecule has 2 N–H and O–H groups in total. The van der Waals surface area contributed by atoms with Gasteiger partial charge in [-0.15, -0.1) is 5.10 Å². The summed E-state index contributed by atoms with van der Waals surface area (Å²) in [7, 11) is 0. The Morgan fingerprint density at radius 3 is 2.74 bits per heavy atom. The molecule has 1 amide bonds. The molecule has 39 heavy (non-hydrogen) atoms. The van der Waals surface area contributed by atoms with Crippen LogP contribution in [0.1, 0.15) is 30.9 Å². The molecule has 0 fully saturated rings. The Bertz CT molecular complexity index is 1810. The molecule has 194 valence electrons. The van der Waals surface area contributed by atoms with Crippen LogP contribution in [0.3, 0.4) is 0 Å². The number of H-pyrrole nitrogens is 1. The van der Waals surface area contributed by atoms with Crippen LogP contribution >= 0.6 is 11.6 Å².